The van der Waals surface area contributed by atoms with E-state index in [0.717, 1.165) is 18.5 Å². The van der Waals surface area contributed by atoms with Crippen molar-refractivity contribution in [2.75, 3.05) is 19.7 Å². The van der Waals surface area contributed by atoms with E-state index in [9.17, 15) is 14.9 Å². The zero-order valence-corrected chi connectivity index (χ0v) is 17.0. The maximum Gasteiger partial charge on any atom is 0.419 e. The summed E-state index contributed by atoms with van der Waals surface area (Å²) in [5.74, 6) is -0.743. The number of rotatable bonds is 5. The van der Waals surface area contributed by atoms with E-state index in [0.29, 0.717) is 35.6 Å². The lowest BCUT2D eigenvalue weighted by Gasteiger charge is -2.17. The van der Waals surface area contributed by atoms with E-state index in [-0.39, 0.29) is 12.3 Å². The summed E-state index contributed by atoms with van der Waals surface area (Å²) in [6.07, 6.45) is 0.461. The first-order valence-corrected chi connectivity index (χ1v) is 10.00. The Morgan fingerprint density at radius 3 is 3.03 bits per heavy atom. The monoisotopic (exact) mass is 422 g/mol. The minimum Gasteiger partial charge on any atom is -0.408 e. The van der Waals surface area contributed by atoms with Gasteiger partial charge in [-0.3, -0.25) is 9.36 Å². The summed E-state index contributed by atoms with van der Waals surface area (Å²) in [5, 5.41) is 23.7. The van der Waals surface area contributed by atoms with Crippen LogP contribution < -0.4 is 16.4 Å². The average molecular weight is 422 g/mol. The second-order valence-electron chi connectivity index (χ2n) is 7.33. The van der Waals surface area contributed by atoms with Gasteiger partial charge in [0, 0.05) is 32.2 Å². The first kappa shape index (κ1) is 20.7. The molecule has 0 aliphatic carbocycles. The SMILES string of the molecule is Cn1c(=O)oc2ccc(-c3ccc(C[C@@H](C#N)NC(=O)[C@@H]4CNCCCO4)nn3)cc21. The molecule has 2 aromatic heterocycles. The average Bonchev–Trinajstić information content (AvgIpc) is 2.96. The third kappa shape index (κ3) is 4.63. The van der Waals surface area contributed by atoms with Gasteiger partial charge in [0.1, 0.15) is 12.1 Å². The van der Waals surface area contributed by atoms with E-state index in [1.165, 1.54) is 4.57 Å². The zero-order chi connectivity index (χ0) is 21.8. The van der Waals surface area contributed by atoms with Crippen molar-refractivity contribution in [1.29, 1.82) is 5.26 Å². The number of amides is 1. The Morgan fingerprint density at radius 2 is 2.26 bits per heavy atom. The van der Waals surface area contributed by atoms with Gasteiger partial charge in [0.15, 0.2) is 5.58 Å². The fraction of sp³-hybridized carbons (Fsp3) is 0.381. The molecular formula is C21H22N6O4. The first-order valence-electron chi connectivity index (χ1n) is 10.00. The molecule has 3 heterocycles. The molecule has 2 N–H and O–H groups in total. The van der Waals surface area contributed by atoms with Crippen LogP contribution in [-0.2, 0) is 23.0 Å². The molecule has 3 aromatic rings. The van der Waals surface area contributed by atoms with Crippen LogP contribution in [-0.4, -0.2) is 52.5 Å². The van der Waals surface area contributed by atoms with Gasteiger partial charge in [0.2, 0.25) is 0 Å². The van der Waals surface area contributed by atoms with E-state index < -0.39 is 17.9 Å². The van der Waals surface area contributed by atoms with Crippen LogP contribution >= 0.6 is 0 Å². The molecule has 0 radical (unpaired) electrons. The van der Waals surface area contributed by atoms with Gasteiger partial charge in [0.05, 0.1) is 23.0 Å². The molecule has 1 amide bonds. The molecule has 1 saturated heterocycles. The van der Waals surface area contributed by atoms with Crippen LogP contribution in [0.5, 0.6) is 0 Å². The molecular weight excluding hydrogens is 400 g/mol. The highest BCUT2D eigenvalue weighted by molar-refractivity contribution is 5.82. The van der Waals surface area contributed by atoms with E-state index >= 15 is 0 Å². The van der Waals surface area contributed by atoms with Crippen molar-refractivity contribution in [2.45, 2.75) is 25.0 Å². The molecule has 31 heavy (non-hydrogen) atoms. The predicted octanol–water partition coefficient (Wildman–Crippen LogP) is 0.518. The van der Waals surface area contributed by atoms with E-state index in [1.807, 2.05) is 6.07 Å². The highest BCUT2D eigenvalue weighted by atomic mass is 16.5. The Hall–Kier alpha value is -3.55. The number of ether oxygens (including phenoxy) is 1. The quantitative estimate of drug-likeness (QED) is 0.607. The molecule has 1 aliphatic rings. The van der Waals surface area contributed by atoms with Crippen molar-refractivity contribution in [1.82, 2.24) is 25.4 Å². The molecule has 0 spiro atoms. The summed E-state index contributed by atoms with van der Waals surface area (Å²) in [4.78, 5) is 24.0. The zero-order valence-electron chi connectivity index (χ0n) is 17.0. The molecule has 1 fully saturated rings. The van der Waals surface area contributed by atoms with Gasteiger partial charge in [-0.15, -0.1) is 0 Å². The van der Waals surface area contributed by atoms with Gasteiger partial charge in [-0.2, -0.15) is 15.5 Å². The lowest BCUT2D eigenvalue weighted by atomic mass is 10.1. The standard InChI is InChI=1S/C21H22N6O4/c1-27-17-9-13(3-6-18(17)31-21(27)29)16-5-4-14(25-26-16)10-15(11-22)24-20(28)19-12-23-7-2-8-30-19/h3-6,9,15,19,23H,2,7-8,10,12H2,1H3,(H,24,28)/t15-,19-/m0/s1. The molecule has 0 saturated carbocycles. The number of nitriles is 1. The topological polar surface area (TPSA) is 135 Å². The Morgan fingerprint density at radius 1 is 1.39 bits per heavy atom. The minimum atomic E-state index is -0.740. The second kappa shape index (κ2) is 9.07. The van der Waals surface area contributed by atoms with Crippen LogP contribution in [0.1, 0.15) is 12.1 Å². The number of carbonyl (C=O) groups excluding carboxylic acids is 1. The smallest absolute Gasteiger partial charge is 0.408 e. The summed E-state index contributed by atoms with van der Waals surface area (Å²) < 4.78 is 12.1. The van der Waals surface area contributed by atoms with Crippen LogP contribution in [0, 0.1) is 11.3 Å². The van der Waals surface area contributed by atoms with Crippen LogP contribution in [0.4, 0.5) is 0 Å². The molecule has 10 nitrogen and oxygen atoms in total. The maximum absolute atomic E-state index is 12.4. The van der Waals surface area contributed by atoms with Crippen molar-refractivity contribution in [3.63, 3.8) is 0 Å². The summed E-state index contributed by atoms with van der Waals surface area (Å²) in [6.45, 7) is 1.73. The largest absolute Gasteiger partial charge is 0.419 e. The molecule has 4 rings (SSSR count). The van der Waals surface area contributed by atoms with Gasteiger partial charge in [-0.1, -0.05) is 0 Å². The van der Waals surface area contributed by atoms with Crippen molar-refractivity contribution < 1.29 is 13.9 Å². The lowest BCUT2D eigenvalue weighted by Crippen LogP contribution is -2.46. The number of nitrogens with zero attached hydrogens (tertiary/aromatic N) is 4. The van der Waals surface area contributed by atoms with E-state index in [4.69, 9.17) is 9.15 Å². The molecule has 10 heteroatoms. The number of carbonyl (C=O) groups is 1. The summed E-state index contributed by atoms with van der Waals surface area (Å²) in [5.41, 5.74) is 3.14. The molecule has 1 aliphatic heterocycles. The van der Waals surface area contributed by atoms with Crippen molar-refractivity contribution in [3.8, 4) is 17.3 Å². The van der Waals surface area contributed by atoms with E-state index in [2.05, 4.69) is 26.9 Å². The third-order valence-electron chi connectivity index (χ3n) is 5.13. The Labute approximate surface area is 177 Å². The number of aromatic nitrogens is 3. The highest BCUT2D eigenvalue weighted by Gasteiger charge is 2.23. The summed E-state index contributed by atoms with van der Waals surface area (Å²) in [7, 11) is 1.64. The summed E-state index contributed by atoms with van der Waals surface area (Å²) >= 11 is 0. The fourth-order valence-corrected chi connectivity index (χ4v) is 3.39. The fourth-order valence-electron chi connectivity index (χ4n) is 3.39. The normalized spacial score (nSPS) is 17.6. The van der Waals surface area contributed by atoms with Gasteiger partial charge in [0.25, 0.3) is 5.91 Å². The van der Waals surface area contributed by atoms with Crippen LogP contribution in [0.3, 0.4) is 0 Å². The van der Waals surface area contributed by atoms with Crippen molar-refractivity contribution in [2.24, 2.45) is 7.05 Å². The number of benzene rings is 1. The number of fused-ring (bicyclic) bond motifs is 1. The Kier molecular flexibility index (Phi) is 6.06. The highest BCUT2D eigenvalue weighted by Crippen LogP contribution is 2.22. The van der Waals surface area contributed by atoms with Crippen LogP contribution in [0.25, 0.3) is 22.4 Å². The first-order chi connectivity index (χ1) is 15.0. The van der Waals surface area contributed by atoms with Gasteiger partial charge in [-0.25, -0.2) is 4.79 Å². The third-order valence-corrected chi connectivity index (χ3v) is 5.13. The maximum atomic E-state index is 12.4. The predicted molar refractivity (Wildman–Crippen MR) is 111 cm³/mol. The van der Waals surface area contributed by atoms with Gasteiger partial charge in [-0.05, 0) is 43.3 Å². The van der Waals surface area contributed by atoms with Crippen molar-refractivity contribution >= 4 is 17.0 Å². The minimum absolute atomic E-state index is 0.227. The van der Waals surface area contributed by atoms with E-state index in [1.54, 1.807) is 31.3 Å². The molecule has 1 aromatic carbocycles. The molecule has 0 unspecified atom stereocenters. The number of hydrogen-bond donors (Lipinski definition) is 2. The number of nitrogens with one attached hydrogen (secondary N) is 2. The van der Waals surface area contributed by atoms with Gasteiger partial charge >= 0.3 is 5.76 Å². The molecule has 0 bridgehead atoms. The number of hydrogen-bond acceptors (Lipinski definition) is 8. The van der Waals surface area contributed by atoms with Crippen LogP contribution in [0.15, 0.2) is 39.5 Å². The van der Waals surface area contributed by atoms with Crippen molar-refractivity contribution in [3.05, 3.63) is 46.6 Å². The summed E-state index contributed by atoms with van der Waals surface area (Å²) in [6, 6.07) is 10.2. The molecule has 160 valence electrons. The number of oxazole rings is 1. The second-order valence-corrected chi connectivity index (χ2v) is 7.33. The lowest BCUT2D eigenvalue weighted by molar-refractivity contribution is -0.132. The number of aryl methyl sites for hydroxylation is 1. The Bertz CT molecular complexity index is 1170. The Balaban J connectivity index is 1.43. The van der Waals surface area contributed by atoms with Crippen LogP contribution in [0.2, 0.25) is 0 Å². The molecule has 2 atom stereocenters. The van der Waals surface area contributed by atoms with Gasteiger partial charge < -0.3 is 19.8 Å².